The molecule has 4 heteroatoms. The molecular weight excluding hydrogens is 264 g/mol. The van der Waals surface area contributed by atoms with Gasteiger partial charge in [-0.05, 0) is 52.5 Å². The molecule has 3 aliphatic heterocycles. The molecule has 3 saturated heterocycles. The van der Waals surface area contributed by atoms with E-state index in [1.165, 1.54) is 45.2 Å². The number of hydrogen-bond acceptors (Lipinski definition) is 4. The van der Waals surface area contributed by atoms with Gasteiger partial charge in [0.2, 0.25) is 0 Å². The summed E-state index contributed by atoms with van der Waals surface area (Å²) in [5.41, 5.74) is 0. The van der Waals surface area contributed by atoms with Gasteiger partial charge in [-0.25, -0.2) is 0 Å². The van der Waals surface area contributed by atoms with Crippen LogP contribution in [0.1, 0.15) is 46.0 Å². The summed E-state index contributed by atoms with van der Waals surface area (Å²) in [6.07, 6.45) is 7.82. The Morgan fingerprint density at radius 1 is 0.952 bits per heavy atom. The zero-order valence-electron chi connectivity index (χ0n) is 13.8. The molecule has 0 saturated carbocycles. The first-order valence-corrected chi connectivity index (χ1v) is 8.94. The normalized spacial score (nSPS) is 39.7. The number of hydrogen-bond donors (Lipinski definition) is 0. The maximum Gasteiger partial charge on any atom is 0.0702 e. The third kappa shape index (κ3) is 4.41. The second-order valence-corrected chi connectivity index (χ2v) is 7.26. The molecule has 0 aliphatic carbocycles. The number of rotatable bonds is 4. The zero-order valence-corrected chi connectivity index (χ0v) is 13.8. The minimum atomic E-state index is 0.380. The molecule has 4 atom stereocenters. The van der Waals surface area contributed by atoms with Crippen LogP contribution >= 0.6 is 0 Å². The van der Waals surface area contributed by atoms with Crippen LogP contribution in [0, 0.1) is 0 Å². The molecule has 0 bridgehead atoms. The lowest BCUT2D eigenvalue weighted by Gasteiger charge is -2.39. The maximum atomic E-state index is 5.94. The summed E-state index contributed by atoms with van der Waals surface area (Å²) in [5, 5.41) is 0. The summed E-state index contributed by atoms with van der Waals surface area (Å²) in [4.78, 5) is 5.31. The topological polar surface area (TPSA) is 24.9 Å². The van der Waals surface area contributed by atoms with Gasteiger partial charge in [0.05, 0.1) is 18.3 Å². The number of ether oxygens (including phenoxy) is 2. The van der Waals surface area contributed by atoms with Gasteiger partial charge >= 0.3 is 0 Å². The van der Waals surface area contributed by atoms with Crippen LogP contribution in [0.4, 0.5) is 0 Å². The molecule has 0 N–H and O–H groups in total. The second-order valence-electron chi connectivity index (χ2n) is 7.26. The largest absolute Gasteiger partial charge is 0.377 e. The van der Waals surface area contributed by atoms with Crippen LogP contribution in [-0.2, 0) is 9.47 Å². The minimum Gasteiger partial charge on any atom is -0.377 e. The third-order valence-corrected chi connectivity index (χ3v) is 5.18. The molecule has 0 radical (unpaired) electrons. The number of morpholine rings is 1. The Morgan fingerprint density at radius 2 is 1.76 bits per heavy atom. The predicted octanol–water partition coefficient (Wildman–Crippen LogP) is 2.13. The first-order chi connectivity index (χ1) is 10.2. The van der Waals surface area contributed by atoms with Crippen molar-refractivity contribution in [3.05, 3.63) is 0 Å². The summed E-state index contributed by atoms with van der Waals surface area (Å²) >= 11 is 0. The van der Waals surface area contributed by atoms with Gasteiger partial charge in [0.15, 0.2) is 0 Å². The number of likely N-dealkylation sites (tertiary alicyclic amines) is 1. The van der Waals surface area contributed by atoms with Crippen molar-refractivity contribution in [3.63, 3.8) is 0 Å². The first kappa shape index (κ1) is 15.7. The minimum absolute atomic E-state index is 0.380. The van der Waals surface area contributed by atoms with E-state index >= 15 is 0 Å². The van der Waals surface area contributed by atoms with E-state index < -0.39 is 0 Å². The fourth-order valence-electron chi connectivity index (χ4n) is 4.29. The van der Waals surface area contributed by atoms with Crippen molar-refractivity contribution in [2.24, 2.45) is 0 Å². The quantitative estimate of drug-likeness (QED) is 0.793. The van der Waals surface area contributed by atoms with E-state index in [1.807, 2.05) is 0 Å². The van der Waals surface area contributed by atoms with Crippen LogP contribution in [-0.4, -0.2) is 73.5 Å². The SMILES string of the molecule is C[C@@H]1CN(C[C@@H]2CCCN2C[C@@H]2CCCCO2)C[C@H](C)O1. The molecular formula is C17H32N2O2. The van der Waals surface area contributed by atoms with Crippen LogP contribution in [0.2, 0.25) is 0 Å². The van der Waals surface area contributed by atoms with E-state index in [9.17, 15) is 0 Å². The highest BCUT2D eigenvalue weighted by Crippen LogP contribution is 2.23. The Hall–Kier alpha value is -0.160. The van der Waals surface area contributed by atoms with Gasteiger partial charge < -0.3 is 9.47 Å². The van der Waals surface area contributed by atoms with Crippen LogP contribution in [0.25, 0.3) is 0 Å². The van der Waals surface area contributed by atoms with Crippen molar-refractivity contribution in [1.82, 2.24) is 9.80 Å². The van der Waals surface area contributed by atoms with Gasteiger partial charge in [0.25, 0.3) is 0 Å². The average molecular weight is 296 g/mol. The van der Waals surface area contributed by atoms with Crippen molar-refractivity contribution >= 4 is 0 Å². The Morgan fingerprint density at radius 3 is 2.48 bits per heavy atom. The highest BCUT2D eigenvalue weighted by atomic mass is 16.5. The molecule has 0 aromatic heterocycles. The van der Waals surface area contributed by atoms with Crippen molar-refractivity contribution in [1.29, 1.82) is 0 Å². The van der Waals surface area contributed by atoms with Crippen molar-refractivity contribution in [2.45, 2.75) is 70.3 Å². The van der Waals surface area contributed by atoms with Gasteiger partial charge in [-0.3, -0.25) is 9.80 Å². The number of nitrogens with zero attached hydrogens (tertiary/aromatic N) is 2. The Balaban J connectivity index is 1.49. The van der Waals surface area contributed by atoms with Crippen LogP contribution in [0.15, 0.2) is 0 Å². The predicted molar refractivity (Wildman–Crippen MR) is 84.6 cm³/mol. The van der Waals surface area contributed by atoms with Gasteiger partial charge in [0.1, 0.15) is 0 Å². The standard InChI is InChI=1S/C17H32N2O2/c1-14-10-18(11-15(2)21-14)12-16-6-5-8-19(16)13-17-7-3-4-9-20-17/h14-17H,3-13H2,1-2H3/t14-,15+,16-,17-/m0/s1. The van der Waals surface area contributed by atoms with Gasteiger partial charge in [-0.2, -0.15) is 0 Å². The summed E-state index contributed by atoms with van der Waals surface area (Å²) in [5.74, 6) is 0. The van der Waals surface area contributed by atoms with E-state index in [2.05, 4.69) is 23.6 Å². The van der Waals surface area contributed by atoms with Crippen molar-refractivity contribution in [2.75, 3.05) is 39.3 Å². The van der Waals surface area contributed by atoms with Crippen LogP contribution in [0.5, 0.6) is 0 Å². The zero-order chi connectivity index (χ0) is 14.7. The molecule has 3 rings (SSSR count). The van der Waals surface area contributed by atoms with Gasteiger partial charge in [0, 0.05) is 38.8 Å². The maximum absolute atomic E-state index is 5.94. The molecule has 3 heterocycles. The van der Waals surface area contributed by atoms with E-state index in [0.717, 1.165) is 32.3 Å². The molecule has 0 aromatic carbocycles. The fraction of sp³-hybridized carbons (Fsp3) is 1.00. The smallest absolute Gasteiger partial charge is 0.0702 e. The van der Waals surface area contributed by atoms with Crippen LogP contribution < -0.4 is 0 Å². The summed E-state index contributed by atoms with van der Waals surface area (Å²) in [7, 11) is 0. The van der Waals surface area contributed by atoms with Gasteiger partial charge in [-0.1, -0.05) is 0 Å². The molecule has 21 heavy (non-hydrogen) atoms. The first-order valence-electron chi connectivity index (χ1n) is 8.94. The van der Waals surface area contributed by atoms with E-state index in [-0.39, 0.29) is 0 Å². The Bertz CT molecular complexity index is 310. The van der Waals surface area contributed by atoms with Crippen molar-refractivity contribution < 1.29 is 9.47 Å². The molecule has 3 fully saturated rings. The molecule has 3 aliphatic rings. The lowest BCUT2D eigenvalue weighted by Crippen LogP contribution is -2.51. The Kier molecular flexibility index (Phi) is 5.54. The summed E-state index contributed by atoms with van der Waals surface area (Å²) < 4.78 is 11.8. The molecule has 4 nitrogen and oxygen atoms in total. The molecule has 0 spiro atoms. The lowest BCUT2D eigenvalue weighted by molar-refractivity contribution is -0.0742. The average Bonchev–Trinajstić information content (AvgIpc) is 2.86. The Labute approximate surface area is 129 Å². The summed E-state index contributed by atoms with van der Waals surface area (Å²) in [6, 6.07) is 0.730. The van der Waals surface area contributed by atoms with Crippen LogP contribution in [0.3, 0.4) is 0 Å². The monoisotopic (exact) mass is 296 g/mol. The molecule has 0 amide bonds. The molecule has 122 valence electrons. The van der Waals surface area contributed by atoms with E-state index in [4.69, 9.17) is 9.47 Å². The van der Waals surface area contributed by atoms with Gasteiger partial charge in [-0.15, -0.1) is 0 Å². The van der Waals surface area contributed by atoms with Crippen molar-refractivity contribution in [3.8, 4) is 0 Å². The summed E-state index contributed by atoms with van der Waals surface area (Å²) in [6.45, 7) is 11.2. The third-order valence-electron chi connectivity index (χ3n) is 5.18. The van der Waals surface area contributed by atoms with E-state index in [1.54, 1.807) is 0 Å². The van der Waals surface area contributed by atoms with E-state index in [0.29, 0.717) is 18.3 Å². The highest BCUT2D eigenvalue weighted by molar-refractivity contribution is 4.86. The second kappa shape index (κ2) is 7.40. The molecule has 0 aromatic rings. The molecule has 0 unspecified atom stereocenters. The fourth-order valence-corrected chi connectivity index (χ4v) is 4.29. The lowest BCUT2D eigenvalue weighted by atomic mass is 10.1. The highest BCUT2D eigenvalue weighted by Gasteiger charge is 2.31.